The molecule has 9 heteroatoms. The first-order valence-corrected chi connectivity index (χ1v) is 13.9. The first-order valence-electron chi connectivity index (χ1n) is 13.9. The van der Waals surface area contributed by atoms with E-state index >= 15 is 0 Å². The van der Waals surface area contributed by atoms with Crippen molar-refractivity contribution in [3.63, 3.8) is 0 Å². The number of ether oxygens (including phenoxy) is 2. The molecule has 0 amide bonds. The van der Waals surface area contributed by atoms with Crippen molar-refractivity contribution in [2.75, 3.05) is 0 Å². The van der Waals surface area contributed by atoms with Crippen molar-refractivity contribution >= 4 is 5.78 Å². The van der Waals surface area contributed by atoms with Gasteiger partial charge in [0.1, 0.15) is 58.2 Å². The van der Waals surface area contributed by atoms with Crippen LogP contribution in [0.1, 0.15) is 73.3 Å². The number of benzene rings is 5. The van der Waals surface area contributed by atoms with E-state index in [9.17, 15) is 35.4 Å². The third kappa shape index (κ3) is 3.69. The molecule has 2 heterocycles. The third-order valence-electron chi connectivity index (χ3n) is 8.74. The van der Waals surface area contributed by atoms with Crippen LogP contribution in [0.15, 0.2) is 84.9 Å². The molecule has 0 spiro atoms. The molecular weight excluding hydrogens is 564 g/mol. The third-order valence-corrected chi connectivity index (χ3v) is 8.74. The SMILES string of the molecule is O=C1c2cc(O)cc3c2C(c2cc(O)cc4c2C(c2cc(O)cc(O)c21)C(c1ccc(O)cc1)O4)C(c1ccc(O)cc1)O3. The molecule has 0 bridgehead atoms. The molecule has 9 nitrogen and oxygen atoms in total. The molecule has 5 aromatic rings. The molecule has 8 rings (SSSR count). The highest BCUT2D eigenvalue weighted by atomic mass is 16.5. The molecule has 0 aromatic heterocycles. The molecule has 44 heavy (non-hydrogen) atoms. The quantitative estimate of drug-likeness (QED) is 0.146. The van der Waals surface area contributed by atoms with Crippen molar-refractivity contribution in [1.82, 2.24) is 0 Å². The number of hydrogen-bond acceptors (Lipinski definition) is 9. The number of carbonyl (C=O) groups excluding carboxylic acids is 1. The first-order chi connectivity index (χ1) is 21.2. The summed E-state index contributed by atoms with van der Waals surface area (Å²) in [6.45, 7) is 0. The van der Waals surface area contributed by atoms with Crippen LogP contribution in [-0.4, -0.2) is 36.4 Å². The van der Waals surface area contributed by atoms with Gasteiger partial charge in [0.25, 0.3) is 0 Å². The summed E-state index contributed by atoms with van der Waals surface area (Å²) in [4.78, 5) is 14.6. The number of carbonyl (C=O) groups is 1. The van der Waals surface area contributed by atoms with Crippen molar-refractivity contribution < 1.29 is 44.9 Å². The van der Waals surface area contributed by atoms with Crippen LogP contribution in [0.25, 0.3) is 0 Å². The predicted molar refractivity (Wildman–Crippen MR) is 156 cm³/mol. The van der Waals surface area contributed by atoms with Crippen molar-refractivity contribution in [2.45, 2.75) is 24.0 Å². The van der Waals surface area contributed by atoms with E-state index in [4.69, 9.17) is 9.47 Å². The molecule has 0 radical (unpaired) electrons. The number of ketones is 1. The summed E-state index contributed by atoms with van der Waals surface area (Å²) >= 11 is 0. The molecule has 2 aliphatic heterocycles. The fourth-order valence-electron chi connectivity index (χ4n) is 7.00. The number of hydrogen-bond donors (Lipinski definition) is 6. The van der Waals surface area contributed by atoms with Gasteiger partial charge in [-0.05, 0) is 64.7 Å². The lowest BCUT2D eigenvalue weighted by atomic mass is 9.76. The van der Waals surface area contributed by atoms with E-state index < -0.39 is 35.6 Å². The minimum atomic E-state index is -0.789. The van der Waals surface area contributed by atoms with E-state index in [0.29, 0.717) is 33.6 Å². The summed E-state index contributed by atoms with van der Waals surface area (Å²) in [6.07, 6.45) is -1.54. The van der Waals surface area contributed by atoms with Gasteiger partial charge in [-0.3, -0.25) is 4.79 Å². The molecule has 5 aromatic carbocycles. The van der Waals surface area contributed by atoms with Gasteiger partial charge in [-0.2, -0.15) is 0 Å². The first kappa shape index (κ1) is 25.8. The lowest BCUT2D eigenvalue weighted by Gasteiger charge is -2.25. The van der Waals surface area contributed by atoms with E-state index in [2.05, 4.69) is 0 Å². The fourth-order valence-corrected chi connectivity index (χ4v) is 7.00. The summed E-state index contributed by atoms with van der Waals surface area (Å²) < 4.78 is 13.0. The normalized spacial score (nSPS) is 20.8. The van der Waals surface area contributed by atoms with Crippen LogP contribution in [0, 0.1) is 0 Å². The average molecular weight is 589 g/mol. The van der Waals surface area contributed by atoms with Crippen LogP contribution in [0.3, 0.4) is 0 Å². The van der Waals surface area contributed by atoms with Crippen molar-refractivity contribution in [1.29, 1.82) is 0 Å². The topological polar surface area (TPSA) is 157 Å². The van der Waals surface area contributed by atoms with Crippen LogP contribution in [0.2, 0.25) is 0 Å². The molecule has 218 valence electrons. The second kappa shape index (κ2) is 9.08. The van der Waals surface area contributed by atoms with Crippen LogP contribution >= 0.6 is 0 Å². The van der Waals surface area contributed by atoms with E-state index in [1.54, 1.807) is 30.3 Å². The Bertz CT molecular complexity index is 2010. The van der Waals surface area contributed by atoms with E-state index in [0.717, 1.165) is 6.07 Å². The highest BCUT2D eigenvalue weighted by Gasteiger charge is 2.49. The number of aromatic hydroxyl groups is 6. The van der Waals surface area contributed by atoms with Crippen molar-refractivity contribution in [3.8, 4) is 46.0 Å². The summed E-state index contributed by atoms with van der Waals surface area (Å²) in [7, 11) is 0. The molecule has 4 unspecified atom stereocenters. The molecule has 6 N–H and O–H groups in total. The minimum Gasteiger partial charge on any atom is -0.508 e. The molecule has 0 fully saturated rings. The van der Waals surface area contributed by atoms with Gasteiger partial charge in [0.2, 0.25) is 0 Å². The summed E-state index contributed by atoms with van der Waals surface area (Å²) in [5.41, 5.74) is 3.26. The Morgan fingerprint density at radius 1 is 0.500 bits per heavy atom. The average Bonchev–Trinajstić information content (AvgIpc) is 3.55. The lowest BCUT2D eigenvalue weighted by Crippen LogP contribution is -2.16. The summed E-state index contributed by atoms with van der Waals surface area (Å²) in [6, 6.07) is 21.2. The highest BCUT2D eigenvalue weighted by Crippen LogP contribution is 2.61. The van der Waals surface area contributed by atoms with E-state index in [-0.39, 0.29) is 51.2 Å². The van der Waals surface area contributed by atoms with Crippen LogP contribution in [-0.2, 0) is 0 Å². The maximum absolute atomic E-state index is 14.6. The number of phenols is 6. The lowest BCUT2D eigenvalue weighted by molar-refractivity contribution is 0.103. The molecule has 3 aliphatic rings. The minimum absolute atomic E-state index is 0.0468. The van der Waals surface area contributed by atoms with E-state index in [1.807, 2.05) is 0 Å². The van der Waals surface area contributed by atoms with Gasteiger partial charge < -0.3 is 40.1 Å². The largest absolute Gasteiger partial charge is 0.508 e. The predicted octanol–water partition coefficient (Wildman–Crippen LogP) is 6.00. The second-order valence-corrected chi connectivity index (χ2v) is 11.3. The molecule has 0 saturated carbocycles. The van der Waals surface area contributed by atoms with Gasteiger partial charge in [0.05, 0.1) is 17.4 Å². The maximum atomic E-state index is 14.6. The Hall–Kier alpha value is -5.83. The van der Waals surface area contributed by atoms with Crippen molar-refractivity contribution in [3.05, 3.63) is 129 Å². The molecular formula is C35H24O9. The Morgan fingerprint density at radius 3 is 1.57 bits per heavy atom. The Labute approximate surface area is 250 Å². The zero-order valence-electron chi connectivity index (χ0n) is 22.8. The van der Waals surface area contributed by atoms with Crippen LogP contribution in [0.5, 0.6) is 46.0 Å². The van der Waals surface area contributed by atoms with Gasteiger partial charge in [0, 0.05) is 34.9 Å². The molecule has 0 saturated heterocycles. The standard InChI is InChI=1S/C35H24O9/c36-17-5-1-15(2-6-17)34-31-22-9-19(38)12-25(41)28(22)33(42)24-11-21(40)14-27-30(24)32(23-10-20(39)13-26(43-34)29(23)31)35(44-27)16-3-7-18(37)8-4-16/h1-14,31-32,34-41H. The van der Waals surface area contributed by atoms with Gasteiger partial charge in [-0.25, -0.2) is 0 Å². The monoisotopic (exact) mass is 588 g/mol. The Kier molecular flexibility index (Phi) is 5.34. The molecule has 4 atom stereocenters. The highest BCUT2D eigenvalue weighted by molar-refractivity contribution is 6.14. The van der Waals surface area contributed by atoms with Gasteiger partial charge in [-0.1, -0.05) is 24.3 Å². The fraction of sp³-hybridized carbons (Fsp3) is 0.114. The summed E-state index contributed by atoms with van der Waals surface area (Å²) in [5, 5.41) is 63.7. The zero-order valence-corrected chi connectivity index (χ0v) is 22.8. The summed E-state index contributed by atoms with van der Waals surface area (Å²) in [5.74, 6) is -2.41. The smallest absolute Gasteiger partial charge is 0.197 e. The van der Waals surface area contributed by atoms with Crippen molar-refractivity contribution in [2.24, 2.45) is 0 Å². The zero-order chi connectivity index (χ0) is 30.4. The second-order valence-electron chi connectivity index (χ2n) is 11.3. The van der Waals surface area contributed by atoms with Gasteiger partial charge in [-0.15, -0.1) is 0 Å². The van der Waals surface area contributed by atoms with Crippen LogP contribution < -0.4 is 9.47 Å². The van der Waals surface area contributed by atoms with Gasteiger partial charge in [0.15, 0.2) is 5.78 Å². The number of phenolic OH excluding ortho intramolecular Hbond substituents is 6. The number of rotatable bonds is 2. The number of fused-ring (bicyclic) bond motifs is 3. The molecule has 1 aliphatic carbocycles. The van der Waals surface area contributed by atoms with Gasteiger partial charge >= 0.3 is 0 Å². The Balaban J connectivity index is 1.50. The maximum Gasteiger partial charge on any atom is 0.197 e. The van der Waals surface area contributed by atoms with E-state index in [1.165, 1.54) is 48.5 Å². The van der Waals surface area contributed by atoms with Crippen LogP contribution in [0.4, 0.5) is 0 Å². The Morgan fingerprint density at radius 2 is 0.977 bits per heavy atom.